The van der Waals surface area contributed by atoms with E-state index in [0.29, 0.717) is 12.2 Å². The second kappa shape index (κ2) is 7.41. The standard InChI is InChI=1S/C14H21N3O2/c1-3-8-16-13(18)10-17(2)14(19)9-11-4-6-12(15)7-5-11/h4-7H,3,8-10,15H2,1-2H3,(H,16,18). The molecule has 0 aromatic heterocycles. The highest BCUT2D eigenvalue weighted by molar-refractivity contribution is 5.85. The SMILES string of the molecule is CCCNC(=O)CN(C)C(=O)Cc1ccc(N)cc1. The molecule has 0 aliphatic carbocycles. The van der Waals surface area contributed by atoms with Crippen LogP contribution in [0.3, 0.4) is 0 Å². The average Bonchev–Trinajstić information content (AvgIpc) is 2.39. The molecular formula is C14H21N3O2. The highest BCUT2D eigenvalue weighted by Gasteiger charge is 2.12. The molecule has 5 nitrogen and oxygen atoms in total. The maximum Gasteiger partial charge on any atom is 0.239 e. The second-order valence-electron chi connectivity index (χ2n) is 4.52. The van der Waals surface area contributed by atoms with E-state index in [-0.39, 0.29) is 24.8 Å². The number of nitrogen functional groups attached to an aromatic ring is 1. The molecule has 0 unspecified atom stereocenters. The van der Waals surface area contributed by atoms with Crippen LogP contribution in [0.2, 0.25) is 0 Å². The summed E-state index contributed by atoms with van der Waals surface area (Å²) in [7, 11) is 1.63. The number of hydrogen-bond donors (Lipinski definition) is 2. The number of anilines is 1. The van der Waals surface area contributed by atoms with Crippen LogP contribution in [0.25, 0.3) is 0 Å². The predicted octanol–water partition coefficient (Wildman–Crippen LogP) is 0.796. The molecule has 0 heterocycles. The lowest BCUT2D eigenvalue weighted by Crippen LogP contribution is -2.39. The summed E-state index contributed by atoms with van der Waals surface area (Å²) in [6.45, 7) is 2.71. The Hall–Kier alpha value is -2.04. The first kappa shape index (κ1) is 15.0. The summed E-state index contributed by atoms with van der Waals surface area (Å²) in [5, 5.41) is 2.74. The van der Waals surface area contributed by atoms with Gasteiger partial charge in [0.25, 0.3) is 0 Å². The maximum atomic E-state index is 11.9. The smallest absolute Gasteiger partial charge is 0.239 e. The largest absolute Gasteiger partial charge is 0.399 e. The summed E-state index contributed by atoms with van der Waals surface area (Å²) in [5.41, 5.74) is 7.14. The molecule has 0 spiro atoms. The van der Waals surface area contributed by atoms with Crippen molar-refractivity contribution in [1.29, 1.82) is 0 Å². The summed E-state index contributed by atoms with van der Waals surface area (Å²) in [6.07, 6.45) is 1.16. The van der Waals surface area contributed by atoms with E-state index in [1.807, 2.05) is 19.1 Å². The number of carbonyl (C=O) groups excluding carboxylic acids is 2. The molecule has 1 aromatic carbocycles. The average molecular weight is 263 g/mol. The van der Waals surface area contributed by atoms with Gasteiger partial charge in [-0.15, -0.1) is 0 Å². The third kappa shape index (κ3) is 5.42. The number of benzene rings is 1. The zero-order valence-electron chi connectivity index (χ0n) is 11.5. The zero-order valence-corrected chi connectivity index (χ0v) is 11.5. The van der Waals surface area contributed by atoms with Crippen LogP contribution in [0.4, 0.5) is 5.69 Å². The van der Waals surface area contributed by atoms with Crippen LogP contribution >= 0.6 is 0 Å². The second-order valence-corrected chi connectivity index (χ2v) is 4.52. The summed E-state index contributed by atoms with van der Waals surface area (Å²) in [5.74, 6) is -0.216. The summed E-state index contributed by atoms with van der Waals surface area (Å²) in [6, 6.07) is 7.16. The third-order valence-corrected chi connectivity index (χ3v) is 2.71. The molecule has 0 atom stereocenters. The molecule has 19 heavy (non-hydrogen) atoms. The predicted molar refractivity (Wildman–Crippen MR) is 75.5 cm³/mol. The van der Waals surface area contributed by atoms with E-state index in [9.17, 15) is 9.59 Å². The topological polar surface area (TPSA) is 75.4 Å². The molecule has 0 fully saturated rings. The van der Waals surface area contributed by atoms with Crippen LogP contribution in [0, 0.1) is 0 Å². The molecule has 1 rings (SSSR count). The Morgan fingerprint density at radius 2 is 1.89 bits per heavy atom. The fraction of sp³-hybridized carbons (Fsp3) is 0.429. The van der Waals surface area contributed by atoms with E-state index in [2.05, 4.69) is 5.32 Å². The van der Waals surface area contributed by atoms with Gasteiger partial charge in [-0.3, -0.25) is 9.59 Å². The van der Waals surface area contributed by atoms with Gasteiger partial charge in [0.05, 0.1) is 13.0 Å². The molecule has 0 bridgehead atoms. The van der Waals surface area contributed by atoms with Gasteiger partial charge in [0.2, 0.25) is 11.8 Å². The minimum absolute atomic E-state index is 0.0866. The molecule has 0 saturated heterocycles. The van der Waals surface area contributed by atoms with Gasteiger partial charge in [-0.05, 0) is 24.1 Å². The van der Waals surface area contributed by atoms with Gasteiger partial charge in [-0.25, -0.2) is 0 Å². The number of hydrogen-bond acceptors (Lipinski definition) is 3. The quantitative estimate of drug-likeness (QED) is 0.745. The molecular weight excluding hydrogens is 242 g/mol. The van der Waals surface area contributed by atoms with Crippen molar-refractivity contribution in [3.8, 4) is 0 Å². The molecule has 0 radical (unpaired) electrons. The van der Waals surface area contributed by atoms with Crippen LogP contribution < -0.4 is 11.1 Å². The molecule has 104 valence electrons. The van der Waals surface area contributed by atoms with Crippen LogP contribution in [0.1, 0.15) is 18.9 Å². The summed E-state index contributed by atoms with van der Waals surface area (Å²) >= 11 is 0. The third-order valence-electron chi connectivity index (χ3n) is 2.71. The molecule has 0 saturated carbocycles. The van der Waals surface area contributed by atoms with Gasteiger partial charge < -0.3 is 16.0 Å². The lowest BCUT2D eigenvalue weighted by molar-refractivity contribution is -0.134. The first-order valence-electron chi connectivity index (χ1n) is 6.38. The molecule has 3 N–H and O–H groups in total. The van der Waals surface area contributed by atoms with E-state index < -0.39 is 0 Å². The number of likely N-dealkylation sites (N-methyl/N-ethyl adjacent to an activating group) is 1. The molecule has 2 amide bonds. The summed E-state index contributed by atoms with van der Waals surface area (Å²) in [4.78, 5) is 24.8. The van der Waals surface area contributed by atoms with Crippen molar-refractivity contribution < 1.29 is 9.59 Å². The maximum absolute atomic E-state index is 11.9. The highest BCUT2D eigenvalue weighted by atomic mass is 16.2. The Labute approximate surface area is 113 Å². The fourth-order valence-electron chi connectivity index (χ4n) is 1.57. The van der Waals surface area contributed by atoms with Crippen molar-refractivity contribution in [3.05, 3.63) is 29.8 Å². The van der Waals surface area contributed by atoms with Crippen molar-refractivity contribution in [2.45, 2.75) is 19.8 Å². The van der Waals surface area contributed by atoms with E-state index in [4.69, 9.17) is 5.73 Å². The monoisotopic (exact) mass is 263 g/mol. The molecule has 5 heteroatoms. The van der Waals surface area contributed by atoms with Gasteiger partial charge >= 0.3 is 0 Å². The van der Waals surface area contributed by atoms with Gasteiger partial charge in [-0.2, -0.15) is 0 Å². The van der Waals surface area contributed by atoms with Crippen molar-refractivity contribution in [2.75, 3.05) is 25.9 Å². The molecule has 0 aliphatic heterocycles. The first-order chi connectivity index (χ1) is 9.02. The number of nitrogens with one attached hydrogen (secondary N) is 1. The van der Waals surface area contributed by atoms with Crippen molar-refractivity contribution >= 4 is 17.5 Å². The van der Waals surface area contributed by atoms with Gasteiger partial charge in [0.15, 0.2) is 0 Å². The summed E-state index contributed by atoms with van der Waals surface area (Å²) < 4.78 is 0. The van der Waals surface area contributed by atoms with Crippen molar-refractivity contribution in [3.63, 3.8) is 0 Å². The van der Waals surface area contributed by atoms with Gasteiger partial charge in [-0.1, -0.05) is 19.1 Å². The van der Waals surface area contributed by atoms with E-state index >= 15 is 0 Å². The number of amides is 2. The number of rotatable bonds is 6. The number of carbonyl (C=O) groups is 2. The number of nitrogens with two attached hydrogens (primary N) is 1. The van der Waals surface area contributed by atoms with Crippen LogP contribution in [0.15, 0.2) is 24.3 Å². The Kier molecular flexibility index (Phi) is 5.85. The lowest BCUT2D eigenvalue weighted by atomic mass is 10.1. The van der Waals surface area contributed by atoms with Crippen molar-refractivity contribution in [1.82, 2.24) is 10.2 Å². The minimum Gasteiger partial charge on any atom is -0.399 e. The first-order valence-corrected chi connectivity index (χ1v) is 6.38. The number of nitrogens with zero attached hydrogens (tertiary/aromatic N) is 1. The lowest BCUT2D eigenvalue weighted by Gasteiger charge is -2.16. The minimum atomic E-state index is -0.130. The Bertz CT molecular complexity index is 429. The van der Waals surface area contributed by atoms with E-state index in [1.165, 1.54) is 4.90 Å². The van der Waals surface area contributed by atoms with E-state index in [1.54, 1.807) is 19.2 Å². The Balaban J connectivity index is 2.44. The van der Waals surface area contributed by atoms with Gasteiger partial charge in [0, 0.05) is 19.3 Å². The Morgan fingerprint density at radius 1 is 1.26 bits per heavy atom. The van der Waals surface area contributed by atoms with Crippen molar-refractivity contribution in [2.24, 2.45) is 0 Å². The highest BCUT2D eigenvalue weighted by Crippen LogP contribution is 2.07. The zero-order chi connectivity index (χ0) is 14.3. The fourth-order valence-corrected chi connectivity index (χ4v) is 1.57. The molecule has 1 aromatic rings. The van der Waals surface area contributed by atoms with Crippen LogP contribution in [-0.4, -0.2) is 36.9 Å². The van der Waals surface area contributed by atoms with Gasteiger partial charge in [0.1, 0.15) is 0 Å². The van der Waals surface area contributed by atoms with Crippen LogP contribution in [-0.2, 0) is 16.0 Å². The normalized spacial score (nSPS) is 10.0. The molecule has 0 aliphatic rings. The van der Waals surface area contributed by atoms with Crippen LogP contribution in [0.5, 0.6) is 0 Å². The van der Waals surface area contributed by atoms with E-state index in [0.717, 1.165) is 12.0 Å². The Morgan fingerprint density at radius 3 is 2.47 bits per heavy atom.